The normalized spacial score (nSPS) is 16.2. The molecule has 11 rings (SSSR count). The van der Waals surface area contributed by atoms with Crippen LogP contribution in [0.15, 0.2) is 178 Å². The molecule has 0 spiro atoms. The second-order valence-electron chi connectivity index (χ2n) is 12.1. The third kappa shape index (κ3) is 3.90. The van der Waals surface area contributed by atoms with Crippen LogP contribution in [-0.2, 0) is 0 Å². The van der Waals surface area contributed by atoms with Gasteiger partial charge in [0.1, 0.15) is 22.3 Å². The average molecular weight is 652 g/mol. The van der Waals surface area contributed by atoms with Gasteiger partial charge in [0.25, 0.3) is 0 Å². The quantitative estimate of drug-likeness (QED) is 0.178. The number of fused-ring (bicyclic) bond motifs is 10. The molecule has 2 heteroatoms. The van der Waals surface area contributed by atoms with E-state index in [1.54, 1.807) is 24.3 Å². The van der Waals surface area contributed by atoms with E-state index in [0.717, 1.165) is 43.8 Å². The van der Waals surface area contributed by atoms with E-state index in [2.05, 4.69) is 0 Å². The molecule has 0 saturated carbocycles. The maximum Gasteiger partial charge on any atom is 0.136 e. The molecular formula is C48H28O2. The molecule has 0 atom stereocenters. The number of hydrogen-bond acceptors (Lipinski definition) is 2. The maximum atomic E-state index is 9.35. The molecule has 0 aliphatic rings. The maximum absolute atomic E-state index is 9.35. The first-order chi connectivity index (χ1) is 31.0. The summed E-state index contributed by atoms with van der Waals surface area (Å²) in [6.45, 7) is 0. The minimum atomic E-state index is -0.760. The Morgan fingerprint density at radius 3 is 1.62 bits per heavy atom. The molecule has 232 valence electrons. The van der Waals surface area contributed by atoms with Crippen LogP contribution >= 0.6 is 0 Å². The first-order valence-electron chi connectivity index (χ1n) is 23.4. The van der Waals surface area contributed by atoms with Gasteiger partial charge in [-0.05, 0) is 96.0 Å². The predicted molar refractivity (Wildman–Crippen MR) is 210 cm³/mol. The minimum Gasteiger partial charge on any atom is -0.456 e. The molecule has 2 heterocycles. The zero-order valence-corrected chi connectivity index (χ0v) is 25.8. The largest absolute Gasteiger partial charge is 0.456 e. The fourth-order valence-corrected chi connectivity index (χ4v) is 7.25. The van der Waals surface area contributed by atoms with Crippen molar-refractivity contribution in [3.8, 4) is 33.4 Å². The van der Waals surface area contributed by atoms with Gasteiger partial charge in [-0.1, -0.05) is 139 Å². The second-order valence-corrected chi connectivity index (χ2v) is 12.1. The van der Waals surface area contributed by atoms with Gasteiger partial charge in [0.05, 0.1) is 20.6 Å². The Labute approximate surface area is 308 Å². The molecule has 0 bridgehead atoms. The number of furan rings is 2. The molecule has 0 N–H and O–H groups in total. The topological polar surface area (TPSA) is 26.3 Å². The third-order valence-electron chi connectivity index (χ3n) is 9.42. The van der Waals surface area contributed by atoms with E-state index in [9.17, 15) is 6.85 Å². The first-order valence-corrected chi connectivity index (χ1v) is 15.9. The van der Waals surface area contributed by atoms with Gasteiger partial charge in [-0.25, -0.2) is 0 Å². The van der Waals surface area contributed by atoms with E-state index >= 15 is 0 Å². The Hall–Kier alpha value is -6.64. The smallest absolute Gasteiger partial charge is 0.136 e. The van der Waals surface area contributed by atoms with E-state index in [-0.39, 0.29) is 32.7 Å². The average Bonchev–Trinajstić information content (AvgIpc) is 3.88. The summed E-state index contributed by atoms with van der Waals surface area (Å²) in [7, 11) is 0. The molecular weight excluding hydrogens is 609 g/mol. The van der Waals surface area contributed by atoms with Crippen LogP contribution in [0.5, 0.6) is 0 Å². The molecule has 2 aromatic heterocycles. The zero-order valence-electron chi connectivity index (χ0n) is 40.8. The highest BCUT2D eigenvalue weighted by atomic mass is 16.3. The predicted octanol–water partition coefficient (Wildman–Crippen LogP) is 13.9. The molecule has 50 heavy (non-hydrogen) atoms. The van der Waals surface area contributed by atoms with E-state index in [4.69, 9.17) is 22.5 Å². The molecule has 0 amide bonds. The summed E-state index contributed by atoms with van der Waals surface area (Å²) in [5.74, 6) is 0. The highest BCUT2D eigenvalue weighted by molar-refractivity contribution is 6.26. The van der Waals surface area contributed by atoms with Gasteiger partial charge in [-0.15, -0.1) is 0 Å². The highest BCUT2D eigenvalue weighted by Gasteiger charge is 2.19. The van der Waals surface area contributed by atoms with Crippen LogP contribution in [0, 0.1) is 0 Å². The molecule has 2 nitrogen and oxygen atoms in total. The molecule has 0 fully saturated rings. The van der Waals surface area contributed by atoms with Crippen molar-refractivity contribution in [2.24, 2.45) is 0 Å². The summed E-state index contributed by atoms with van der Waals surface area (Å²) >= 11 is 0. The fourth-order valence-electron chi connectivity index (χ4n) is 7.25. The Kier molecular flexibility index (Phi) is 3.47. The molecule has 0 unspecified atom stereocenters. The summed E-state index contributed by atoms with van der Waals surface area (Å²) < 4.78 is 147. The zero-order chi connectivity index (χ0) is 45.8. The number of hydrogen-bond donors (Lipinski definition) is 0. The number of para-hydroxylation sites is 1. The molecule has 0 saturated heterocycles. The van der Waals surface area contributed by atoms with Crippen LogP contribution in [0.4, 0.5) is 0 Å². The summed E-state index contributed by atoms with van der Waals surface area (Å²) in [5, 5.41) is 1.88. The van der Waals surface area contributed by atoms with Crippen LogP contribution in [0.2, 0.25) is 0 Å². The number of rotatable bonds is 3. The van der Waals surface area contributed by atoms with Crippen molar-refractivity contribution >= 4 is 76.2 Å². The van der Waals surface area contributed by atoms with E-state index in [0.29, 0.717) is 16.7 Å². The van der Waals surface area contributed by atoms with Gasteiger partial charge in [0.15, 0.2) is 0 Å². The van der Waals surface area contributed by atoms with Gasteiger partial charge in [0, 0.05) is 21.5 Å². The van der Waals surface area contributed by atoms with Crippen molar-refractivity contribution in [1.82, 2.24) is 0 Å². The van der Waals surface area contributed by atoms with Crippen molar-refractivity contribution < 1.29 is 29.4 Å². The summed E-state index contributed by atoms with van der Waals surface area (Å²) in [5.41, 5.74) is 3.83. The van der Waals surface area contributed by atoms with Crippen LogP contribution < -0.4 is 0 Å². The Morgan fingerprint density at radius 1 is 0.360 bits per heavy atom. The SMILES string of the molecule is [2H]c1c([2H])c([2H])c2c(-c3c4c([2H])c([2H])c([2H])c([2H])c4c(-c4ccc(-c5ccc6c(c5)oc5ccc7oc8ccccc8c7c56)cc4)c4c([2H])c([2H])c([2H])c([2H])c34)c([2H])c([2H])c([2H])c2c1[2H]. The van der Waals surface area contributed by atoms with Crippen molar-refractivity contribution in [3.05, 3.63) is 169 Å². The molecule has 9 aromatic carbocycles. The van der Waals surface area contributed by atoms with Gasteiger partial charge in [0.2, 0.25) is 0 Å². The fraction of sp³-hybridized carbons (Fsp3) is 0. The van der Waals surface area contributed by atoms with E-state index < -0.39 is 107 Å². The van der Waals surface area contributed by atoms with Crippen LogP contribution in [0.1, 0.15) is 20.6 Å². The Bertz CT molecular complexity index is 3910. The lowest BCUT2D eigenvalue weighted by Gasteiger charge is -2.19. The minimum absolute atomic E-state index is 0.0225. The number of benzene rings is 9. The third-order valence-corrected chi connectivity index (χ3v) is 9.42. The van der Waals surface area contributed by atoms with Crippen LogP contribution in [0.25, 0.3) is 110 Å². The van der Waals surface area contributed by atoms with E-state index in [1.807, 2.05) is 54.6 Å². The van der Waals surface area contributed by atoms with Crippen molar-refractivity contribution in [2.75, 3.05) is 0 Å². The van der Waals surface area contributed by atoms with Crippen molar-refractivity contribution in [2.45, 2.75) is 0 Å². The van der Waals surface area contributed by atoms with Crippen molar-refractivity contribution in [3.63, 3.8) is 0 Å². The Morgan fingerprint density at radius 2 is 0.900 bits per heavy atom. The van der Waals surface area contributed by atoms with Gasteiger partial charge < -0.3 is 8.83 Å². The summed E-state index contributed by atoms with van der Waals surface area (Å²) in [4.78, 5) is 0. The lowest BCUT2D eigenvalue weighted by atomic mass is 9.84. The van der Waals surface area contributed by atoms with Crippen LogP contribution in [0.3, 0.4) is 0 Å². The molecule has 11 aromatic rings. The lowest BCUT2D eigenvalue weighted by molar-refractivity contribution is 0.663. The molecule has 0 aliphatic heterocycles. The standard InChI is InChI=1S/C48H28O2/c1-2-12-33-30(10-1)11-9-18-34(33)46-37-15-5-3-13-35(37)45(36-14-4-6-16-38(36)46)31-22-20-29(21-23-31)32-24-25-40-44(28-32)50-43-27-26-42-47(48(40)43)39-17-7-8-19-41(39)49-42/h1-28H/i1D,2D,3D,4D,5D,6D,9D,10D,11D,12D,13D,14D,15D,16D,18D. The van der Waals surface area contributed by atoms with Crippen molar-refractivity contribution in [1.29, 1.82) is 0 Å². The first kappa shape index (κ1) is 16.6. The van der Waals surface area contributed by atoms with Gasteiger partial charge >= 0.3 is 0 Å². The van der Waals surface area contributed by atoms with Gasteiger partial charge in [-0.2, -0.15) is 0 Å². The van der Waals surface area contributed by atoms with Crippen LogP contribution in [-0.4, -0.2) is 0 Å². The lowest BCUT2D eigenvalue weighted by Crippen LogP contribution is -1.91. The highest BCUT2D eigenvalue weighted by Crippen LogP contribution is 2.46. The summed E-state index contributed by atoms with van der Waals surface area (Å²) in [6, 6.07) is 14.0. The van der Waals surface area contributed by atoms with Gasteiger partial charge in [-0.3, -0.25) is 0 Å². The van der Waals surface area contributed by atoms with E-state index in [1.165, 1.54) is 0 Å². The second kappa shape index (κ2) is 10.4. The molecule has 0 aliphatic carbocycles. The monoisotopic (exact) mass is 651 g/mol. The molecule has 0 radical (unpaired) electrons. The Balaban J connectivity index is 1.21. The summed E-state index contributed by atoms with van der Waals surface area (Å²) in [6.07, 6.45) is 0.